The number of H-pyrrole nitrogens is 1. The zero-order chi connectivity index (χ0) is 15.0. The fraction of sp³-hybridized carbons (Fsp3) is 0. The summed E-state index contributed by atoms with van der Waals surface area (Å²) in [6.07, 6.45) is 1.27. The van der Waals surface area contributed by atoms with Gasteiger partial charge in [0.25, 0.3) is 5.56 Å². The van der Waals surface area contributed by atoms with Gasteiger partial charge >= 0.3 is 0 Å². The molecule has 0 radical (unpaired) electrons. The molecule has 0 bridgehead atoms. The quantitative estimate of drug-likeness (QED) is 0.713. The minimum atomic E-state index is -0.683. The molecule has 0 amide bonds. The molecule has 3 N–H and O–H groups in total. The highest BCUT2D eigenvalue weighted by atomic mass is 35.5. The summed E-state index contributed by atoms with van der Waals surface area (Å²) in [7, 11) is 0. The van der Waals surface area contributed by atoms with E-state index in [1.54, 1.807) is 6.07 Å². The summed E-state index contributed by atoms with van der Waals surface area (Å²) in [5.74, 6) is -0.544. The van der Waals surface area contributed by atoms with Crippen molar-refractivity contribution in [3.8, 4) is 11.5 Å². The summed E-state index contributed by atoms with van der Waals surface area (Å²) in [6, 6.07) is 7.30. The van der Waals surface area contributed by atoms with Crippen molar-refractivity contribution in [2.24, 2.45) is 0 Å². The average molecular weight is 306 g/mol. The minimum Gasteiger partial charge on any atom is -0.452 e. The van der Waals surface area contributed by atoms with Crippen molar-refractivity contribution < 1.29 is 9.13 Å². The van der Waals surface area contributed by atoms with E-state index >= 15 is 0 Å². The van der Waals surface area contributed by atoms with Crippen LogP contribution >= 0.6 is 11.6 Å². The molecule has 5 nitrogen and oxygen atoms in total. The van der Waals surface area contributed by atoms with Gasteiger partial charge in [0.15, 0.2) is 17.3 Å². The molecule has 0 unspecified atom stereocenters. The summed E-state index contributed by atoms with van der Waals surface area (Å²) in [5.41, 5.74) is 6.11. The number of halogens is 2. The monoisotopic (exact) mass is 305 g/mol. The second kappa shape index (κ2) is 5.06. The molecule has 0 atom stereocenters. The van der Waals surface area contributed by atoms with Crippen molar-refractivity contribution >= 4 is 28.2 Å². The molecule has 7 heteroatoms. The molecule has 3 rings (SSSR count). The number of benzene rings is 2. The van der Waals surface area contributed by atoms with Crippen LogP contribution in [0, 0.1) is 5.82 Å². The summed E-state index contributed by atoms with van der Waals surface area (Å²) in [5, 5.41) is 0.273. The third-order valence-corrected chi connectivity index (χ3v) is 3.20. The number of aromatic nitrogens is 2. The van der Waals surface area contributed by atoms with E-state index in [0.29, 0.717) is 10.9 Å². The average Bonchev–Trinajstić information content (AvgIpc) is 2.46. The number of nitrogens with zero attached hydrogens (tertiary/aromatic N) is 1. The van der Waals surface area contributed by atoms with Crippen LogP contribution in [-0.2, 0) is 0 Å². The van der Waals surface area contributed by atoms with Gasteiger partial charge in [0.1, 0.15) is 0 Å². The topological polar surface area (TPSA) is 81.0 Å². The highest BCUT2D eigenvalue weighted by molar-refractivity contribution is 6.30. The second-order valence-corrected chi connectivity index (χ2v) is 4.70. The van der Waals surface area contributed by atoms with E-state index in [-0.39, 0.29) is 27.8 Å². The summed E-state index contributed by atoms with van der Waals surface area (Å²) in [4.78, 5) is 18.1. The maximum Gasteiger partial charge on any atom is 0.258 e. The van der Waals surface area contributed by atoms with Crippen LogP contribution in [0.15, 0.2) is 41.5 Å². The molecule has 0 saturated carbocycles. The molecule has 1 heterocycles. The van der Waals surface area contributed by atoms with Gasteiger partial charge < -0.3 is 15.5 Å². The predicted molar refractivity (Wildman–Crippen MR) is 78.3 cm³/mol. The smallest absolute Gasteiger partial charge is 0.258 e. The molecule has 1 aromatic heterocycles. The van der Waals surface area contributed by atoms with Gasteiger partial charge in [-0.25, -0.2) is 9.37 Å². The largest absolute Gasteiger partial charge is 0.452 e. The second-order valence-electron chi connectivity index (χ2n) is 4.29. The summed E-state index contributed by atoms with van der Waals surface area (Å²) in [6.45, 7) is 0. The zero-order valence-corrected chi connectivity index (χ0v) is 11.3. The van der Waals surface area contributed by atoms with Crippen molar-refractivity contribution in [3.63, 3.8) is 0 Å². The zero-order valence-electron chi connectivity index (χ0n) is 10.6. The lowest BCUT2D eigenvalue weighted by atomic mass is 10.2. The van der Waals surface area contributed by atoms with Gasteiger partial charge in [-0.2, -0.15) is 0 Å². The summed E-state index contributed by atoms with van der Waals surface area (Å²) < 4.78 is 19.3. The number of rotatable bonds is 2. The van der Waals surface area contributed by atoms with E-state index in [2.05, 4.69) is 9.97 Å². The summed E-state index contributed by atoms with van der Waals surface area (Å²) >= 11 is 5.69. The van der Waals surface area contributed by atoms with Crippen molar-refractivity contribution in [1.29, 1.82) is 0 Å². The fourth-order valence-corrected chi connectivity index (χ4v) is 2.05. The Morgan fingerprint density at radius 1 is 1.29 bits per heavy atom. The van der Waals surface area contributed by atoms with E-state index in [1.165, 1.54) is 30.6 Å². The first-order valence-electron chi connectivity index (χ1n) is 5.95. The van der Waals surface area contributed by atoms with E-state index < -0.39 is 5.82 Å². The maximum atomic E-state index is 13.8. The van der Waals surface area contributed by atoms with Gasteiger partial charge in [0, 0.05) is 6.07 Å². The van der Waals surface area contributed by atoms with E-state index in [0.717, 1.165) is 0 Å². The van der Waals surface area contributed by atoms with Crippen LogP contribution in [-0.4, -0.2) is 9.97 Å². The van der Waals surface area contributed by atoms with E-state index in [1.807, 2.05) is 0 Å². The minimum absolute atomic E-state index is 0.0542. The normalized spacial score (nSPS) is 10.8. The first-order chi connectivity index (χ1) is 10.1. The number of ether oxygens (including phenoxy) is 1. The van der Waals surface area contributed by atoms with E-state index in [9.17, 15) is 9.18 Å². The number of nitrogen functional groups attached to an aromatic ring is 1. The number of nitrogens with one attached hydrogen (secondary N) is 1. The molecule has 0 spiro atoms. The number of aromatic amines is 1. The third kappa shape index (κ3) is 2.41. The van der Waals surface area contributed by atoms with Crippen LogP contribution in [0.4, 0.5) is 10.1 Å². The first kappa shape index (κ1) is 13.4. The lowest BCUT2D eigenvalue weighted by molar-refractivity contribution is 0.445. The van der Waals surface area contributed by atoms with Crippen LogP contribution in [0.3, 0.4) is 0 Å². The lowest BCUT2D eigenvalue weighted by Gasteiger charge is -2.10. The van der Waals surface area contributed by atoms with Gasteiger partial charge in [-0.15, -0.1) is 0 Å². The van der Waals surface area contributed by atoms with Gasteiger partial charge in [0.2, 0.25) is 0 Å². The molecule has 3 aromatic rings. The van der Waals surface area contributed by atoms with Crippen LogP contribution in [0.5, 0.6) is 11.5 Å². The number of anilines is 1. The predicted octanol–water partition coefficient (Wildman–Crippen LogP) is 3.09. The molecule has 0 saturated heterocycles. The Balaban J connectivity index is 2.11. The third-order valence-electron chi connectivity index (χ3n) is 2.91. The Labute approximate surface area is 123 Å². The first-order valence-corrected chi connectivity index (χ1v) is 6.33. The van der Waals surface area contributed by atoms with Crippen LogP contribution in [0.2, 0.25) is 5.02 Å². The van der Waals surface area contributed by atoms with Crippen molar-refractivity contribution in [2.75, 3.05) is 5.73 Å². The Morgan fingerprint density at radius 2 is 2.10 bits per heavy atom. The number of hydrogen-bond donors (Lipinski definition) is 2. The number of nitrogens with two attached hydrogens (primary N) is 1. The van der Waals surface area contributed by atoms with E-state index in [4.69, 9.17) is 22.1 Å². The number of hydrogen-bond acceptors (Lipinski definition) is 4. The van der Waals surface area contributed by atoms with Crippen LogP contribution in [0.1, 0.15) is 0 Å². The molecular weight excluding hydrogens is 297 g/mol. The fourth-order valence-electron chi connectivity index (χ4n) is 1.88. The van der Waals surface area contributed by atoms with Crippen molar-refractivity contribution in [2.45, 2.75) is 0 Å². The maximum absolute atomic E-state index is 13.8. The van der Waals surface area contributed by atoms with Crippen molar-refractivity contribution in [3.05, 3.63) is 57.9 Å². The molecule has 21 heavy (non-hydrogen) atoms. The highest BCUT2D eigenvalue weighted by Crippen LogP contribution is 2.33. The Morgan fingerprint density at radius 3 is 2.90 bits per heavy atom. The van der Waals surface area contributed by atoms with Crippen LogP contribution < -0.4 is 16.0 Å². The lowest BCUT2D eigenvalue weighted by Crippen LogP contribution is -2.07. The Bertz CT molecular complexity index is 895. The molecule has 0 aliphatic heterocycles. The van der Waals surface area contributed by atoms with Gasteiger partial charge in [0.05, 0.1) is 27.9 Å². The standard InChI is InChI=1S/C14H9ClFN3O2/c15-8-2-1-3-11(13(8)16)21-12-5-10-7(4-9(12)17)14(20)19-6-18-10/h1-6H,17H2,(H,18,19,20). The molecule has 0 aliphatic rings. The Kier molecular flexibility index (Phi) is 3.23. The molecule has 0 aliphatic carbocycles. The van der Waals surface area contributed by atoms with Gasteiger partial charge in [-0.3, -0.25) is 4.79 Å². The molecular formula is C14H9ClFN3O2. The SMILES string of the molecule is Nc1cc2c(=O)[nH]cnc2cc1Oc1cccc(Cl)c1F. The van der Waals surface area contributed by atoms with Gasteiger partial charge in [-0.05, 0) is 18.2 Å². The van der Waals surface area contributed by atoms with Crippen LogP contribution in [0.25, 0.3) is 10.9 Å². The van der Waals surface area contributed by atoms with Crippen molar-refractivity contribution in [1.82, 2.24) is 9.97 Å². The molecule has 2 aromatic carbocycles. The molecule has 106 valence electrons. The Hall–Kier alpha value is -2.60. The highest BCUT2D eigenvalue weighted by Gasteiger charge is 2.12. The van der Waals surface area contributed by atoms with Gasteiger partial charge in [-0.1, -0.05) is 17.7 Å². The number of fused-ring (bicyclic) bond motifs is 1. The molecule has 0 fully saturated rings.